The number of rotatable bonds is 6. The van der Waals surface area contributed by atoms with Crippen LogP contribution in [0, 0.1) is 0 Å². The van der Waals surface area contributed by atoms with Gasteiger partial charge in [0.2, 0.25) is 5.95 Å². The van der Waals surface area contributed by atoms with E-state index in [0.717, 1.165) is 16.7 Å². The van der Waals surface area contributed by atoms with E-state index in [9.17, 15) is 20.1 Å². The molecule has 0 bridgehead atoms. The fourth-order valence-electron chi connectivity index (χ4n) is 4.01. The first-order valence-corrected chi connectivity index (χ1v) is 10.5. The van der Waals surface area contributed by atoms with Crippen molar-refractivity contribution in [3.8, 4) is 11.1 Å². The average Bonchev–Trinajstić information content (AvgIpc) is 3.36. The minimum Gasteiger partial charge on any atom is -0.394 e. The summed E-state index contributed by atoms with van der Waals surface area (Å²) in [5, 5.41) is 33.3. The number of nitrogens with one attached hydrogen (secondary N) is 2. The van der Waals surface area contributed by atoms with Crippen molar-refractivity contribution in [2.75, 3.05) is 11.9 Å². The van der Waals surface area contributed by atoms with Gasteiger partial charge in [0.15, 0.2) is 17.4 Å². The number of anilines is 1. The van der Waals surface area contributed by atoms with Gasteiger partial charge in [0.05, 0.1) is 12.9 Å². The highest BCUT2D eigenvalue weighted by Gasteiger charge is 2.45. The van der Waals surface area contributed by atoms with Crippen LogP contribution in [0.2, 0.25) is 0 Å². The molecule has 2 aromatic heterocycles. The molecule has 0 radical (unpaired) electrons. The maximum Gasteiger partial charge on any atom is 0.278 e. The van der Waals surface area contributed by atoms with Gasteiger partial charge in [-0.1, -0.05) is 54.6 Å². The molecule has 4 aromatic rings. The van der Waals surface area contributed by atoms with Crippen LogP contribution in [0.4, 0.5) is 5.95 Å². The van der Waals surface area contributed by atoms with Crippen molar-refractivity contribution in [2.45, 2.75) is 31.1 Å². The predicted molar refractivity (Wildman–Crippen MR) is 120 cm³/mol. The smallest absolute Gasteiger partial charge is 0.278 e. The summed E-state index contributed by atoms with van der Waals surface area (Å²) in [6.07, 6.45) is -3.46. The first kappa shape index (κ1) is 21.3. The van der Waals surface area contributed by atoms with Crippen LogP contribution in [0.1, 0.15) is 11.8 Å². The Morgan fingerprint density at radius 2 is 1.76 bits per heavy atom. The Labute approximate surface area is 188 Å². The van der Waals surface area contributed by atoms with Crippen LogP contribution in [-0.4, -0.2) is 59.8 Å². The molecule has 5 N–H and O–H groups in total. The van der Waals surface area contributed by atoms with Gasteiger partial charge in [0, 0.05) is 6.54 Å². The van der Waals surface area contributed by atoms with Crippen molar-refractivity contribution < 1.29 is 20.1 Å². The summed E-state index contributed by atoms with van der Waals surface area (Å²) in [6, 6.07) is 18.1. The number of aliphatic hydroxyl groups excluding tert-OH is 3. The van der Waals surface area contributed by atoms with E-state index in [1.807, 2.05) is 54.6 Å². The van der Waals surface area contributed by atoms with Crippen LogP contribution < -0.4 is 10.9 Å². The summed E-state index contributed by atoms with van der Waals surface area (Å²) >= 11 is 0. The van der Waals surface area contributed by atoms with E-state index in [4.69, 9.17) is 4.74 Å². The Morgan fingerprint density at radius 3 is 2.45 bits per heavy atom. The van der Waals surface area contributed by atoms with Gasteiger partial charge in [0.25, 0.3) is 5.56 Å². The molecule has 2 aromatic carbocycles. The second-order valence-corrected chi connectivity index (χ2v) is 7.85. The maximum absolute atomic E-state index is 12.3. The molecule has 1 aliphatic heterocycles. The van der Waals surface area contributed by atoms with Crippen LogP contribution in [0.15, 0.2) is 65.7 Å². The SMILES string of the molecule is O=c1[nH]cnc2c1nc(NCc1ccc(-c3ccccc3)cc1)n2[C@@H]1O[C@H](CO)[C@@H](O)[C@H]1O. The van der Waals surface area contributed by atoms with Crippen molar-refractivity contribution >= 4 is 17.1 Å². The van der Waals surface area contributed by atoms with Gasteiger partial charge in [-0.15, -0.1) is 0 Å². The summed E-state index contributed by atoms with van der Waals surface area (Å²) < 4.78 is 7.10. The third kappa shape index (κ3) is 3.89. The number of H-pyrrole nitrogens is 1. The fourth-order valence-corrected chi connectivity index (χ4v) is 4.01. The number of aliphatic hydroxyl groups is 3. The van der Waals surface area contributed by atoms with Crippen LogP contribution in [-0.2, 0) is 11.3 Å². The molecular formula is C23H23N5O5. The Hall–Kier alpha value is -3.57. The third-order valence-electron chi connectivity index (χ3n) is 5.77. The van der Waals surface area contributed by atoms with Gasteiger partial charge in [-0.25, -0.2) is 9.97 Å². The fraction of sp³-hybridized carbons (Fsp3) is 0.261. The first-order chi connectivity index (χ1) is 16.1. The van der Waals surface area contributed by atoms with E-state index >= 15 is 0 Å². The molecule has 0 amide bonds. The molecule has 4 atom stereocenters. The van der Waals surface area contributed by atoms with Crippen molar-refractivity contribution in [3.63, 3.8) is 0 Å². The molecule has 0 unspecified atom stereocenters. The van der Waals surface area contributed by atoms with Crippen LogP contribution in [0.5, 0.6) is 0 Å². The van der Waals surface area contributed by atoms with E-state index < -0.39 is 36.7 Å². The number of ether oxygens (including phenoxy) is 1. The van der Waals surface area contributed by atoms with Gasteiger partial charge in [-0.05, 0) is 16.7 Å². The van der Waals surface area contributed by atoms with E-state index in [1.54, 1.807) is 0 Å². The lowest BCUT2D eigenvalue weighted by Crippen LogP contribution is -2.33. The van der Waals surface area contributed by atoms with E-state index in [0.29, 0.717) is 6.54 Å². The first-order valence-electron chi connectivity index (χ1n) is 10.5. The number of imidazole rings is 1. The minimum atomic E-state index is -1.34. The van der Waals surface area contributed by atoms with Crippen molar-refractivity contribution in [1.29, 1.82) is 0 Å². The summed E-state index contributed by atoms with van der Waals surface area (Å²) in [5.41, 5.74) is 2.99. The monoisotopic (exact) mass is 449 g/mol. The number of aromatic nitrogens is 4. The largest absolute Gasteiger partial charge is 0.394 e. The van der Waals surface area contributed by atoms with Crippen molar-refractivity contribution in [2.24, 2.45) is 0 Å². The summed E-state index contributed by atoms with van der Waals surface area (Å²) in [5.74, 6) is 0.246. The third-order valence-corrected chi connectivity index (χ3v) is 5.77. The summed E-state index contributed by atoms with van der Waals surface area (Å²) in [6.45, 7) is -0.0863. The molecule has 1 saturated heterocycles. The van der Waals surface area contributed by atoms with Gasteiger partial charge < -0.3 is 30.4 Å². The normalized spacial score (nSPS) is 22.6. The molecule has 0 aliphatic carbocycles. The topological polar surface area (TPSA) is 146 Å². The lowest BCUT2D eigenvalue weighted by molar-refractivity contribution is -0.0501. The highest BCUT2D eigenvalue weighted by Crippen LogP contribution is 2.34. The number of hydrogen-bond donors (Lipinski definition) is 5. The second kappa shape index (κ2) is 8.75. The average molecular weight is 449 g/mol. The molecule has 10 heteroatoms. The lowest BCUT2D eigenvalue weighted by atomic mass is 10.0. The van der Waals surface area contributed by atoms with Crippen LogP contribution in [0.3, 0.4) is 0 Å². The molecule has 1 fully saturated rings. The number of nitrogens with zero attached hydrogens (tertiary/aromatic N) is 3. The van der Waals surface area contributed by atoms with Crippen molar-refractivity contribution in [3.05, 3.63) is 76.8 Å². The molecule has 5 rings (SSSR count). The molecule has 33 heavy (non-hydrogen) atoms. The van der Waals surface area contributed by atoms with Crippen LogP contribution >= 0.6 is 0 Å². The zero-order chi connectivity index (χ0) is 22.9. The van der Waals surface area contributed by atoms with Gasteiger partial charge in [-0.2, -0.15) is 0 Å². The molecule has 0 spiro atoms. The lowest BCUT2D eigenvalue weighted by Gasteiger charge is -2.19. The second-order valence-electron chi connectivity index (χ2n) is 7.85. The van der Waals surface area contributed by atoms with Gasteiger partial charge in [-0.3, -0.25) is 9.36 Å². The number of hydrogen-bond acceptors (Lipinski definition) is 8. The maximum atomic E-state index is 12.3. The summed E-state index contributed by atoms with van der Waals surface area (Å²) in [7, 11) is 0. The Kier molecular flexibility index (Phi) is 5.65. The predicted octanol–water partition coefficient (Wildman–Crippen LogP) is 1.01. The Morgan fingerprint density at radius 1 is 1.03 bits per heavy atom. The molecule has 3 heterocycles. The standard InChI is InChI=1S/C23H23N5O5/c29-11-16-18(30)19(31)22(33-16)28-20-17(21(32)26-12-25-20)27-23(28)24-10-13-6-8-15(9-7-13)14-4-2-1-3-5-14/h1-9,12,16,18-19,22,29-31H,10-11H2,(H,24,27)(H,25,26,32)/t16-,18-,19-,22-/m1/s1. The molecular weight excluding hydrogens is 426 g/mol. The molecule has 0 saturated carbocycles. The Balaban J connectivity index is 1.44. The van der Waals surface area contributed by atoms with E-state index in [-0.39, 0.29) is 17.1 Å². The Bertz CT molecular complexity index is 1300. The van der Waals surface area contributed by atoms with Gasteiger partial charge in [0.1, 0.15) is 18.3 Å². The minimum absolute atomic E-state index is 0.0668. The highest BCUT2D eigenvalue weighted by molar-refractivity contribution is 5.73. The quantitative estimate of drug-likeness (QED) is 0.293. The number of aromatic amines is 1. The number of benzene rings is 2. The molecule has 170 valence electrons. The molecule has 10 nitrogen and oxygen atoms in total. The number of fused-ring (bicyclic) bond motifs is 1. The van der Waals surface area contributed by atoms with Crippen LogP contribution in [0.25, 0.3) is 22.3 Å². The van der Waals surface area contributed by atoms with E-state index in [1.165, 1.54) is 10.9 Å². The van der Waals surface area contributed by atoms with Gasteiger partial charge >= 0.3 is 0 Å². The molecule has 1 aliphatic rings. The summed E-state index contributed by atoms with van der Waals surface area (Å²) in [4.78, 5) is 23.3. The zero-order valence-corrected chi connectivity index (χ0v) is 17.5. The highest BCUT2D eigenvalue weighted by atomic mass is 16.6. The van der Waals surface area contributed by atoms with Crippen molar-refractivity contribution in [1.82, 2.24) is 19.5 Å². The van der Waals surface area contributed by atoms with E-state index in [2.05, 4.69) is 20.3 Å². The zero-order valence-electron chi connectivity index (χ0n) is 17.5.